The van der Waals surface area contributed by atoms with E-state index in [1.54, 1.807) is 18.3 Å². The molecule has 4 nitrogen and oxygen atoms in total. The Kier molecular flexibility index (Phi) is 8.67. The number of carbonyl (C=O) groups excluding carboxylic acids is 1. The van der Waals surface area contributed by atoms with Crippen molar-refractivity contribution >= 4 is 17.5 Å². The number of carbonyl (C=O) groups is 1. The van der Waals surface area contributed by atoms with Gasteiger partial charge in [0.1, 0.15) is 11.5 Å². The molecule has 5 heteroatoms. The zero-order chi connectivity index (χ0) is 26.9. The number of ether oxygens (including phenoxy) is 1. The Bertz CT molecular complexity index is 1440. The minimum absolute atomic E-state index is 0.0485. The molecule has 4 aromatic carbocycles. The second-order valence-electron chi connectivity index (χ2n) is 9.29. The molecule has 194 valence electrons. The molecule has 0 bridgehead atoms. The van der Waals surface area contributed by atoms with Gasteiger partial charge in [0.25, 0.3) is 0 Å². The zero-order valence-corrected chi connectivity index (χ0v) is 22.2. The number of rotatable bonds is 10. The van der Waals surface area contributed by atoms with E-state index >= 15 is 0 Å². The lowest BCUT2D eigenvalue weighted by atomic mass is 9.89. The standard InChI is InChI=1S/C34H29ClN2O2/c35-29-17-19-31(20-18-29)39-32-16-9-10-26(24-32)25-37(23-21-30-15-7-8-22-36-30)34(38)33(27-11-3-1-4-12-27)28-13-5-2-6-14-28/h1-20,22,24,33H,21,23,25H2. The van der Waals surface area contributed by atoms with Crippen LogP contribution in [0.15, 0.2) is 134 Å². The summed E-state index contributed by atoms with van der Waals surface area (Å²) in [5.74, 6) is 1.04. The van der Waals surface area contributed by atoms with Gasteiger partial charge in [-0.2, -0.15) is 0 Å². The normalized spacial score (nSPS) is 10.8. The number of aromatic nitrogens is 1. The molecule has 1 heterocycles. The van der Waals surface area contributed by atoms with Crippen LogP contribution in [0.5, 0.6) is 11.5 Å². The van der Waals surface area contributed by atoms with Gasteiger partial charge in [-0.1, -0.05) is 90.5 Å². The Morgan fingerprint density at radius 2 is 1.41 bits per heavy atom. The molecule has 0 saturated heterocycles. The number of benzene rings is 4. The highest BCUT2D eigenvalue weighted by atomic mass is 35.5. The number of amides is 1. The second kappa shape index (κ2) is 12.9. The number of hydrogen-bond donors (Lipinski definition) is 0. The fourth-order valence-corrected chi connectivity index (χ4v) is 4.71. The maximum atomic E-state index is 14.3. The summed E-state index contributed by atoms with van der Waals surface area (Å²) in [5.41, 5.74) is 3.87. The van der Waals surface area contributed by atoms with Crippen LogP contribution in [0.4, 0.5) is 0 Å². The van der Waals surface area contributed by atoms with Crippen LogP contribution in [-0.4, -0.2) is 22.3 Å². The van der Waals surface area contributed by atoms with Gasteiger partial charge in [0.2, 0.25) is 5.91 Å². The Balaban J connectivity index is 1.44. The van der Waals surface area contributed by atoms with Gasteiger partial charge in [0.05, 0.1) is 5.92 Å². The molecule has 0 aliphatic heterocycles. The van der Waals surface area contributed by atoms with Gasteiger partial charge in [-0.15, -0.1) is 0 Å². The van der Waals surface area contributed by atoms with Crippen LogP contribution in [-0.2, 0) is 17.8 Å². The monoisotopic (exact) mass is 532 g/mol. The molecule has 0 N–H and O–H groups in total. The molecule has 39 heavy (non-hydrogen) atoms. The fraction of sp³-hybridized carbons (Fsp3) is 0.118. The summed E-state index contributed by atoms with van der Waals surface area (Å²) in [4.78, 5) is 20.7. The van der Waals surface area contributed by atoms with E-state index in [0.717, 1.165) is 22.4 Å². The topological polar surface area (TPSA) is 42.4 Å². The van der Waals surface area contributed by atoms with Crippen molar-refractivity contribution in [2.24, 2.45) is 0 Å². The molecule has 0 aliphatic carbocycles. The van der Waals surface area contributed by atoms with E-state index in [9.17, 15) is 4.79 Å². The lowest BCUT2D eigenvalue weighted by Crippen LogP contribution is -2.36. The second-order valence-corrected chi connectivity index (χ2v) is 9.73. The summed E-state index contributed by atoms with van der Waals surface area (Å²) >= 11 is 6.02. The molecule has 0 aliphatic rings. The first-order chi connectivity index (χ1) is 19.2. The molecular weight excluding hydrogens is 504 g/mol. The number of pyridine rings is 1. The van der Waals surface area contributed by atoms with Crippen molar-refractivity contribution in [1.82, 2.24) is 9.88 Å². The van der Waals surface area contributed by atoms with Crippen LogP contribution in [0.3, 0.4) is 0 Å². The number of nitrogens with zero attached hydrogens (tertiary/aromatic N) is 2. The summed E-state index contributed by atoms with van der Waals surface area (Å²) in [6.07, 6.45) is 2.44. The minimum Gasteiger partial charge on any atom is -0.457 e. The molecule has 0 saturated carbocycles. The van der Waals surface area contributed by atoms with Crippen LogP contribution >= 0.6 is 11.6 Å². The van der Waals surface area contributed by atoms with E-state index in [2.05, 4.69) is 4.98 Å². The van der Waals surface area contributed by atoms with Crippen molar-refractivity contribution < 1.29 is 9.53 Å². The molecule has 0 atom stereocenters. The van der Waals surface area contributed by atoms with E-state index in [1.165, 1.54) is 0 Å². The molecule has 0 unspecified atom stereocenters. The third-order valence-corrected chi connectivity index (χ3v) is 6.76. The molecular formula is C34H29ClN2O2. The first-order valence-electron chi connectivity index (χ1n) is 13.0. The summed E-state index contributed by atoms with van der Waals surface area (Å²) in [7, 11) is 0. The average Bonchev–Trinajstić information content (AvgIpc) is 2.98. The van der Waals surface area contributed by atoms with Crippen molar-refractivity contribution in [3.8, 4) is 11.5 Å². The van der Waals surface area contributed by atoms with Gasteiger partial charge < -0.3 is 9.64 Å². The van der Waals surface area contributed by atoms with Gasteiger partial charge in [-0.05, 0) is 65.2 Å². The Morgan fingerprint density at radius 3 is 2.05 bits per heavy atom. The van der Waals surface area contributed by atoms with E-state index in [4.69, 9.17) is 16.3 Å². The summed E-state index contributed by atoms with van der Waals surface area (Å²) in [6, 6.07) is 41.0. The quantitative estimate of drug-likeness (QED) is 0.183. The summed E-state index contributed by atoms with van der Waals surface area (Å²) < 4.78 is 6.06. The lowest BCUT2D eigenvalue weighted by Gasteiger charge is -2.28. The van der Waals surface area contributed by atoms with Gasteiger partial charge in [-0.3, -0.25) is 9.78 Å². The smallest absolute Gasteiger partial charge is 0.234 e. The van der Waals surface area contributed by atoms with Gasteiger partial charge in [0, 0.05) is 36.4 Å². The minimum atomic E-state index is -0.412. The van der Waals surface area contributed by atoms with E-state index in [0.29, 0.717) is 36.0 Å². The van der Waals surface area contributed by atoms with Crippen molar-refractivity contribution in [1.29, 1.82) is 0 Å². The maximum absolute atomic E-state index is 14.3. The Hall–Kier alpha value is -4.41. The SMILES string of the molecule is O=C(C(c1ccccc1)c1ccccc1)N(CCc1ccccn1)Cc1cccc(Oc2ccc(Cl)cc2)c1. The van der Waals surface area contributed by atoms with Crippen molar-refractivity contribution in [2.45, 2.75) is 18.9 Å². The Morgan fingerprint density at radius 1 is 0.744 bits per heavy atom. The highest BCUT2D eigenvalue weighted by Gasteiger charge is 2.27. The van der Waals surface area contributed by atoms with Crippen LogP contribution in [0.2, 0.25) is 5.02 Å². The van der Waals surface area contributed by atoms with Gasteiger partial charge in [0.15, 0.2) is 0 Å². The van der Waals surface area contributed by atoms with Crippen molar-refractivity contribution in [3.63, 3.8) is 0 Å². The van der Waals surface area contributed by atoms with E-state index in [-0.39, 0.29) is 5.91 Å². The largest absolute Gasteiger partial charge is 0.457 e. The average molecular weight is 533 g/mol. The molecule has 1 aromatic heterocycles. The highest BCUT2D eigenvalue weighted by Crippen LogP contribution is 2.29. The first kappa shape index (κ1) is 26.2. The first-order valence-corrected chi connectivity index (χ1v) is 13.3. The van der Waals surface area contributed by atoms with Crippen molar-refractivity contribution in [2.75, 3.05) is 6.54 Å². The number of hydrogen-bond acceptors (Lipinski definition) is 3. The lowest BCUT2D eigenvalue weighted by molar-refractivity contribution is -0.132. The van der Waals surface area contributed by atoms with Crippen molar-refractivity contribution in [3.05, 3.63) is 161 Å². The molecule has 0 fully saturated rings. The number of halogens is 1. The van der Waals surface area contributed by atoms with E-state index in [1.807, 2.05) is 120 Å². The fourth-order valence-electron chi connectivity index (χ4n) is 4.58. The van der Waals surface area contributed by atoms with Gasteiger partial charge in [-0.25, -0.2) is 0 Å². The van der Waals surface area contributed by atoms with Crippen LogP contribution < -0.4 is 4.74 Å². The summed E-state index contributed by atoms with van der Waals surface area (Å²) in [6.45, 7) is 0.980. The molecule has 5 aromatic rings. The predicted molar refractivity (Wildman–Crippen MR) is 156 cm³/mol. The van der Waals surface area contributed by atoms with E-state index < -0.39 is 5.92 Å². The highest BCUT2D eigenvalue weighted by molar-refractivity contribution is 6.30. The molecule has 1 amide bonds. The molecule has 5 rings (SSSR count). The van der Waals surface area contributed by atoms with Gasteiger partial charge >= 0.3 is 0 Å². The molecule has 0 spiro atoms. The molecule has 0 radical (unpaired) electrons. The zero-order valence-electron chi connectivity index (χ0n) is 21.5. The predicted octanol–water partition coefficient (Wildman–Crippen LogP) is 7.93. The Labute approximate surface area is 234 Å². The maximum Gasteiger partial charge on any atom is 0.234 e. The third kappa shape index (κ3) is 7.13. The van der Waals surface area contributed by atoms with Crippen LogP contribution in [0, 0.1) is 0 Å². The summed E-state index contributed by atoms with van der Waals surface area (Å²) in [5, 5.41) is 0.657. The third-order valence-electron chi connectivity index (χ3n) is 6.51. The van der Waals surface area contributed by atoms with Crippen LogP contribution in [0.1, 0.15) is 28.3 Å². The van der Waals surface area contributed by atoms with Crippen LogP contribution in [0.25, 0.3) is 0 Å².